The average molecular weight is 558 g/mol. The maximum absolute atomic E-state index is 13.3. The molecule has 0 bridgehead atoms. The first-order valence-electron chi connectivity index (χ1n) is 12.6. The van der Waals surface area contributed by atoms with Crippen LogP contribution in [0.2, 0.25) is 5.02 Å². The molecule has 2 aromatic carbocycles. The summed E-state index contributed by atoms with van der Waals surface area (Å²) < 4.78 is 13.3. The van der Waals surface area contributed by atoms with E-state index in [4.69, 9.17) is 17.3 Å². The molecule has 3 amide bonds. The summed E-state index contributed by atoms with van der Waals surface area (Å²) in [6.45, 7) is 8.20. The number of nitrogens with one attached hydrogen (secondary N) is 3. The van der Waals surface area contributed by atoms with Gasteiger partial charge in [-0.25, -0.2) is 4.39 Å². The van der Waals surface area contributed by atoms with Crippen molar-refractivity contribution in [2.75, 3.05) is 45.1 Å². The van der Waals surface area contributed by atoms with Crippen molar-refractivity contribution >= 4 is 41.3 Å². The minimum atomic E-state index is -1.61. The van der Waals surface area contributed by atoms with E-state index in [1.807, 2.05) is 0 Å². The molecule has 12 heteroatoms. The second kappa shape index (κ2) is 11.3. The van der Waals surface area contributed by atoms with Gasteiger partial charge in [0.1, 0.15) is 5.82 Å². The summed E-state index contributed by atoms with van der Waals surface area (Å²) in [6.07, 6.45) is 1.31. The molecule has 10 nitrogen and oxygen atoms in total. The Hall–Kier alpha value is -3.54. The largest absolute Gasteiger partial charge is 0.367 e. The second-order valence-corrected chi connectivity index (χ2v) is 10.9. The molecule has 0 saturated carbocycles. The Balaban J connectivity index is 1.47. The lowest BCUT2D eigenvalue weighted by molar-refractivity contribution is -0.132. The molecule has 2 atom stereocenters. The van der Waals surface area contributed by atoms with Crippen LogP contribution in [0.15, 0.2) is 47.5 Å². The van der Waals surface area contributed by atoms with Crippen LogP contribution in [-0.2, 0) is 15.1 Å². The van der Waals surface area contributed by atoms with Gasteiger partial charge in [-0.1, -0.05) is 23.7 Å². The lowest BCUT2D eigenvalue weighted by atomic mass is 9.82. The molecule has 208 valence electrons. The van der Waals surface area contributed by atoms with Crippen molar-refractivity contribution in [3.8, 4) is 0 Å². The van der Waals surface area contributed by atoms with Gasteiger partial charge < -0.3 is 26.6 Å². The van der Waals surface area contributed by atoms with Gasteiger partial charge in [-0.15, -0.1) is 0 Å². The van der Waals surface area contributed by atoms with Crippen LogP contribution < -0.4 is 21.7 Å². The Bertz CT molecular complexity index is 1280. The topological polar surface area (TPSA) is 132 Å². The first-order valence-corrected chi connectivity index (χ1v) is 13.0. The summed E-state index contributed by atoms with van der Waals surface area (Å²) >= 11 is 5.99. The third-order valence-corrected chi connectivity index (χ3v) is 7.70. The number of nitrogens with two attached hydrogens (primary N) is 1. The fraction of sp³-hybridized carbons (Fsp3) is 0.407. The number of likely N-dealkylation sites (N-methyl/N-ethyl adjacent to an activating group) is 1. The van der Waals surface area contributed by atoms with Crippen LogP contribution >= 0.6 is 11.6 Å². The van der Waals surface area contributed by atoms with Crippen LogP contribution in [0.3, 0.4) is 0 Å². The van der Waals surface area contributed by atoms with Gasteiger partial charge in [-0.3, -0.25) is 24.3 Å². The van der Waals surface area contributed by atoms with Crippen LogP contribution in [0.1, 0.15) is 29.8 Å². The predicted octanol–water partition coefficient (Wildman–Crippen LogP) is 1.55. The van der Waals surface area contributed by atoms with Gasteiger partial charge in [0, 0.05) is 44.0 Å². The van der Waals surface area contributed by atoms with E-state index in [0.717, 1.165) is 38.3 Å². The Morgan fingerprint density at radius 1 is 1.15 bits per heavy atom. The molecule has 0 aromatic heterocycles. The maximum Gasteiger partial charge on any atom is 0.257 e. The molecule has 2 aromatic rings. The number of carbonyl (C=O) groups excluding carboxylic acids is 3. The fourth-order valence-corrected chi connectivity index (χ4v) is 5.12. The zero-order valence-corrected chi connectivity index (χ0v) is 22.9. The number of nitrogens with zero attached hydrogens (tertiary/aromatic N) is 3. The van der Waals surface area contributed by atoms with Gasteiger partial charge >= 0.3 is 0 Å². The van der Waals surface area contributed by atoms with Crippen LogP contribution in [0.25, 0.3) is 0 Å². The molecule has 0 spiro atoms. The van der Waals surface area contributed by atoms with Gasteiger partial charge in [0.15, 0.2) is 11.6 Å². The van der Waals surface area contributed by atoms with E-state index in [9.17, 15) is 18.8 Å². The molecule has 1 fully saturated rings. The first-order chi connectivity index (χ1) is 18.4. The van der Waals surface area contributed by atoms with E-state index >= 15 is 0 Å². The number of aliphatic imine (C=N–C) groups is 1. The number of rotatable bonds is 8. The summed E-state index contributed by atoms with van der Waals surface area (Å²) in [5.41, 5.74) is 4.85. The lowest BCUT2D eigenvalue weighted by Crippen LogP contribution is -2.62. The van der Waals surface area contributed by atoms with E-state index < -0.39 is 35.1 Å². The number of halogens is 2. The number of carbonyl (C=O) groups is 3. The number of anilines is 1. The molecule has 0 aliphatic carbocycles. The number of amides is 3. The number of piperazine rings is 1. The molecule has 2 aliphatic rings. The van der Waals surface area contributed by atoms with Gasteiger partial charge in [0.05, 0.1) is 16.9 Å². The number of hydrogen-bond donors (Lipinski definition) is 4. The van der Waals surface area contributed by atoms with Crippen molar-refractivity contribution in [3.05, 3.63) is 64.4 Å². The van der Waals surface area contributed by atoms with E-state index in [2.05, 4.69) is 51.6 Å². The molecule has 39 heavy (non-hydrogen) atoms. The van der Waals surface area contributed by atoms with Crippen LogP contribution in [0.5, 0.6) is 0 Å². The van der Waals surface area contributed by atoms with Gasteiger partial charge in [-0.2, -0.15) is 0 Å². The Morgan fingerprint density at radius 3 is 2.44 bits per heavy atom. The van der Waals surface area contributed by atoms with E-state index in [1.165, 1.54) is 12.4 Å². The average Bonchev–Trinajstić information content (AvgIpc) is 3.34. The molecular weight excluding hydrogens is 525 g/mol. The van der Waals surface area contributed by atoms with Crippen LogP contribution in [0, 0.1) is 5.82 Å². The van der Waals surface area contributed by atoms with E-state index in [1.54, 1.807) is 24.3 Å². The maximum atomic E-state index is 13.3. The highest BCUT2D eigenvalue weighted by Crippen LogP contribution is 2.31. The van der Waals surface area contributed by atoms with E-state index in [0.29, 0.717) is 17.8 Å². The van der Waals surface area contributed by atoms with Crippen molar-refractivity contribution in [1.82, 2.24) is 20.4 Å². The third-order valence-electron chi connectivity index (χ3n) is 7.39. The van der Waals surface area contributed by atoms with Crippen LogP contribution in [-0.4, -0.2) is 85.2 Å². The van der Waals surface area contributed by atoms with E-state index in [-0.39, 0.29) is 16.1 Å². The lowest BCUT2D eigenvalue weighted by Gasteiger charge is -2.43. The van der Waals surface area contributed by atoms with Crippen LogP contribution in [0.4, 0.5) is 10.1 Å². The number of primary amides is 1. The molecule has 5 N–H and O–H groups in total. The number of hydrogen-bond acceptors (Lipinski definition) is 7. The molecule has 0 radical (unpaired) electrons. The first kappa shape index (κ1) is 28.5. The van der Waals surface area contributed by atoms with Gasteiger partial charge in [0.25, 0.3) is 11.8 Å². The zero-order valence-electron chi connectivity index (χ0n) is 22.1. The summed E-state index contributed by atoms with van der Waals surface area (Å²) in [7, 11) is 2.09. The quantitative estimate of drug-likeness (QED) is 0.389. The van der Waals surface area contributed by atoms with Gasteiger partial charge in [-0.05, 0) is 56.8 Å². The second-order valence-electron chi connectivity index (χ2n) is 10.5. The smallest absolute Gasteiger partial charge is 0.257 e. The van der Waals surface area contributed by atoms with Crippen molar-refractivity contribution < 1.29 is 18.8 Å². The standard InChI is InChI=1S/C27H33ClFN7O3/c1-26(2,36-12-10-35(3)11-13-36)15-31-24(38)22-27(25(30)39,33-16-32-22)17-4-7-19(8-5-17)34-23(37)20-9-6-18(29)14-21(20)28/h4-9,14,16,22H,10-13,15H2,1-3H3,(H2,30,39)(H,31,38)(H,32,33)(H,34,37). The molecule has 1 saturated heterocycles. The fourth-order valence-electron chi connectivity index (χ4n) is 4.87. The molecular formula is C27H33ClFN7O3. The predicted molar refractivity (Wildman–Crippen MR) is 148 cm³/mol. The Kier molecular flexibility index (Phi) is 8.24. The number of benzene rings is 2. The normalized spacial score (nSPS) is 21.8. The molecule has 2 aliphatic heterocycles. The molecule has 4 rings (SSSR count). The van der Waals surface area contributed by atoms with Crippen molar-refractivity contribution in [1.29, 1.82) is 0 Å². The van der Waals surface area contributed by atoms with Crippen molar-refractivity contribution in [2.24, 2.45) is 10.7 Å². The highest BCUT2D eigenvalue weighted by molar-refractivity contribution is 6.34. The van der Waals surface area contributed by atoms with Crippen molar-refractivity contribution in [3.63, 3.8) is 0 Å². The molecule has 2 heterocycles. The minimum Gasteiger partial charge on any atom is -0.367 e. The minimum absolute atomic E-state index is 0.0197. The zero-order chi connectivity index (χ0) is 28.4. The Labute approximate surface area is 231 Å². The third kappa shape index (κ3) is 5.90. The monoisotopic (exact) mass is 557 g/mol. The summed E-state index contributed by atoms with van der Waals surface area (Å²) in [5.74, 6) is -2.28. The highest BCUT2D eigenvalue weighted by Gasteiger charge is 2.52. The summed E-state index contributed by atoms with van der Waals surface area (Å²) in [6, 6.07) is 8.67. The summed E-state index contributed by atoms with van der Waals surface area (Å²) in [4.78, 5) is 47.6. The SMILES string of the molecule is CN1CCN(C(C)(C)CNC(=O)C2N=CNC2(C(N)=O)c2ccc(NC(=O)c3ccc(F)cc3Cl)cc2)CC1. The van der Waals surface area contributed by atoms with Gasteiger partial charge in [0.2, 0.25) is 5.91 Å². The van der Waals surface area contributed by atoms with Crippen molar-refractivity contribution in [2.45, 2.75) is 31.0 Å². The Morgan fingerprint density at radius 2 is 1.82 bits per heavy atom. The molecule has 2 unspecified atom stereocenters. The summed E-state index contributed by atoms with van der Waals surface area (Å²) in [5, 5.41) is 8.53. The highest BCUT2D eigenvalue weighted by atomic mass is 35.5.